The van der Waals surface area contributed by atoms with Crippen molar-refractivity contribution in [1.82, 2.24) is 14.9 Å². The molecule has 0 aliphatic rings. The minimum atomic E-state index is -3.85. The molecule has 2 rings (SSSR count). The zero-order valence-electron chi connectivity index (χ0n) is 16.0. The van der Waals surface area contributed by atoms with Gasteiger partial charge in [-0.1, -0.05) is 25.9 Å². The van der Waals surface area contributed by atoms with Gasteiger partial charge in [0.15, 0.2) is 0 Å². The molecule has 0 saturated heterocycles. The fourth-order valence-electron chi connectivity index (χ4n) is 2.46. The van der Waals surface area contributed by atoms with Crippen LogP contribution < -0.4 is 9.62 Å². The fourth-order valence-corrected chi connectivity index (χ4v) is 4.84. The normalized spacial score (nSPS) is 13.6. The Bertz CT molecular complexity index is 879. The lowest BCUT2D eigenvalue weighted by Gasteiger charge is -2.30. The molecule has 0 spiro atoms. The summed E-state index contributed by atoms with van der Waals surface area (Å²) in [6, 6.07) is 1.14. The number of hydrogen-bond donors (Lipinski definition) is 2. The highest BCUT2D eigenvalue weighted by Crippen LogP contribution is 2.32. The molecule has 2 heterocycles. The van der Waals surface area contributed by atoms with E-state index in [0.29, 0.717) is 22.4 Å². The van der Waals surface area contributed by atoms with Gasteiger partial charge in [0.2, 0.25) is 10.0 Å². The lowest BCUT2D eigenvalue weighted by atomic mass is 9.88. The molecular weight excluding hydrogens is 436 g/mol. The Morgan fingerprint density at radius 1 is 1.41 bits per heavy atom. The molecule has 8 nitrogen and oxygen atoms in total. The van der Waals surface area contributed by atoms with E-state index in [0.717, 1.165) is 5.69 Å². The number of aliphatic hydroxyl groups is 1. The molecule has 0 saturated carbocycles. The van der Waals surface area contributed by atoms with E-state index in [9.17, 15) is 13.5 Å². The lowest BCUT2D eigenvalue weighted by molar-refractivity contribution is 0.177. The number of halogens is 1. The number of nitrogens with zero attached hydrogens (tertiary/aromatic N) is 3. The largest absolute Gasteiger partial charge is 0.395 e. The first-order chi connectivity index (χ1) is 12.5. The van der Waals surface area contributed by atoms with Crippen LogP contribution in [0.15, 0.2) is 32.4 Å². The third kappa shape index (κ3) is 5.07. The van der Waals surface area contributed by atoms with E-state index in [4.69, 9.17) is 4.52 Å². The maximum Gasteiger partial charge on any atom is 0.242 e. The van der Waals surface area contributed by atoms with Crippen LogP contribution in [0, 0.1) is 12.3 Å². The summed E-state index contributed by atoms with van der Waals surface area (Å²) in [6.45, 7) is 7.45. The van der Waals surface area contributed by atoms with Gasteiger partial charge in [-0.05, 0) is 33.8 Å². The first-order valence-corrected chi connectivity index (χ1v) is 10.6. The summed E-state index contributed by atoms with van der Waals surface area (Å²) < 4.78 is 33.7. The van der Waals surface area contributed by atoms with E-state index in [2.05, 4.69) is 30.8 Å². The minimum absolute atomic E-state index is 0.0654. The molecule has 0 amide bonds. The van der Waals surface area contributed by atoms with E-state index >= 15 is 0 Å². The average molecular weight is 461 g/mol. The maximum atomic E-state index is 12.8. The summed E-state index contributed by atoms with van der Waals surface area (Å²) in [4.78, 5) is 6.22. The van der Waals surface area contributed by atoms with Crippen LogP contribution in [0.25, 0.3) is 0 Å². The van der Waals surface area contributed by atoms with Gasteiger partial charge in [0.25, 0.3) is 0 Å². The summed E-state index contributed by atoms with van der Waals surface area (Å²) in [6.07, 6.45) is 2.82. The summed E-state index contributed by atoms with van der Waals surface area (Å²) in [7, 11) is -2.02. The number of anilines is 1. The van der Waals surface area contributed by atoms with E-state index in [1.54, 1.807) is 13.0 Å². The highest BCUT2D eigenvalue weighted by atomic mass is 79.9. The minimum Gasteiger partial charge on any atom is -0.395 e. The number of hydrogen-bond acceptors (Lipinski definition) is 7. The van der Waals surface area contributed by atoms with E-state index < -0.39 is 21.5 Å². The Balaban J connectivity index is 2.32. The predicted octanol–water partition coefficient (Wildman–Crippen LogP) is 2.46. The molecule has 0 radical (unpaired) electrons. The molecule has 1 unspecified atom stereocenters. The Morgan fingerprint density at radius 3 is 2.59 bits per heavy atom. The predicted molar refractivity (Wildman–Crippen MR) is 106 cm³/mol. The number of pyridine rings is 1. The smallest absolute Gasteiger partial charge is 0.242 e. The van der Waals surface area contributed by atoms with Crippen molar-refractivity contribution in [2.24, 2.45) is 5.41 Å². The third-order valence-electron chi connectivity index (χ3n) is 4.27. The SMILES string of the molecule is Cc1c(S(=O)(=O)NC(CO)C(C)(C)C)cnc(N(C)Cc2ccon2)c1Br. The van der Waals surface area contributed by atoms with Crippen LogP contribution >= 0.6 is 15.9 Å². The second-order valence-corrected chi connectivity index (χ2v) is 9.93. The number of aliphatic hydroxyl groups excluding tert-OH is 1. The highest BCUT2D eigenvalue weighted by Gasteiger charge is 2.31. The van der Waals surface area contributed by atoms with Crippen molar-refractivity contribution in [2.75, 3.05) is 18.6 Å². The molecule has 2 N–H and O–H groups in total. The molecule has 150 valence electrons. The molecule has 27 heavy (non-hydrogen) atoms. The monoisotopic (exact) mass is 460 g/mol. The van der Waals surface area contributed by atoms with Gasteiger partial charge in [0, 0.05) is 25.4 Å². The molecule has 0 aliphatic heterocycles. The van der Waals surface area contributed by atoms with E-state index in [1.165, 1.54) is 12.5 Å². The molecule has 0 aliphatic carbocycles. The summed E-state index contributed by atoms with van der Waals surface area (Å²) in [5.41, 5.74) is 0.835. The molecule has 1 atom stereocenters. The first kappa shape index (κ1) is 21.8. The van der Waals surface area contributed by atoms with E-state index in [1.807, 2.05) is 32.7 Å². The van der Waals surface area contributed by atoms with Crippen molar-refractivity contribution in [3.8, 4) is 0 Å². The van der Waals surface area contributed by atoms with Gasteiger partial charge in [-0.25, -0.2) is 18.1 Å². The third-order valence-corrected chi connectivity index (χ3v) is 6.80. The Hall–Kier alpha value is -1.49. The van der Waals surface area contributed by atoms with Crippen molar-refractivity contribution < 1.29 is 18.0 Å². The number of sulfonamides is 1. The van der Waals surface area contributed by atoms with Crippen LogP contribution in [-0.4, -0.2) is 43.4 Å². The van der Waals surface area contributed by atoms with Crippen molar-refractivity contribution in [1.29, 1.82) is 0 Å². The topological polar surface area (TPSA) is 109 Å². The van der Waals surface area contributed by atoms with Gasteiger partial charge >= 0.3 is 0 Å². The molecule has 0 aromatic carbocycles. The van der Waals surface area contributed by atoms with Gasteiger partial charge in [-0.3, -0.25) is 0 Å². The Kier molecular flexibility index (Phi) is 6.67. The molecule has 2 aromatic rings. The highest BCUT2D eigenvalue weighted by molar-refractivity contribution is 9.10. The van der Waals surface area contributed by atoms with Crippen molar-refractivity contribution >= 4 is 31.8 Å². The van der Waals surface area contributed by atoms with Gasteiger partial charge in [0.1, 0.15) is 22.7 Å². The second kappa shape index (κ2) is 8.26. The van der Waals surface area contributed by atoms with Gasteiger partial charge in [-0.15, -0.1) is 0 Å². The van der Waals surface area contributed by atoms with Gasteiger partial charge in [0.05, 0.1) is 17.6 Å². The number of rotatable bonds is 7. The van der Waals surface area contributed by atoms with Crippen molar-refractivity contribution in [3.63, 3.8) is 0 Å². The van der Waals surface area contributed by atoms with Crippen molar-refractivity contribution in [3.05, 3.63) is 34.3 Å². The molecule has 0 bridgehead atoms. The first-order valence-electron chi connectivity index (χ1n) is 8.36. The number of aromatic nitrogens is 2. The van der Waals surface area contributed by atoms with Crippen molar-refractivity contribution in [2.45, 2.75) is 45.2 Å². The van der Waals surface area contributed by atoms with Crippen LogP contribution in [0.3, 0.4) is 0 Å². The summed E-state index contributed by atoms with van der Waals surface area (Å²) >= 11 is 3.46. The van der Waals surface area contributed by atoms with Crippen LogP contribution in [0.4, 0.5) is 5.82 Å². The number of nitrogens with one attached hydrogen (secondary N) is 1. The summed E-state index contributed by atoms with van der Waals surface area (Å²) in [5, 5.41) is 13.4. The summed E-state index contributed by atoms with van der Waals surface area (Å²) in [5.74, 6) is 0.587. The Labute approximate surface area is 168 Å². The lowest BCUT2D eigenvalue weighted by Crippen LogP contribution is -2.46. The average Bonchev–Trinajstić information content (AvgIpc) is 3.06. The van der Waals surface area contributed by atoms with E-state index in [-0.39, 0.29) is 11.5 Å². The van der Waals surface area contributed by atoms with Gasteiger partial charge in [-0.2, -0.15) is 0 Å². The molecule has 2 aromatic heterocycles. The van der Waals surface area contributed by atoms with Crippen LogP contribution in [-0.2, 0) is 16.6 Å². The zero-order valence-corrected chi connectivity index (χ0v) is 18.4. The maximum absolute atomic E-state index is 12.8. The Morgan fingerprint density at radius 2 is 2.07 bits per heavy atom. The van der Waals surface area contributed by atoms with Crippen LogP contribution in [0.5, 0.6) is 0 Å². The second-order valence-electron chi connectivity index (χ2n) is 7.45. The van der Waals surface area contributed by atoms with Crippen LogP contribution in [0.1, 0.15) is 32.0 Å². The van der Waals surface area contributed by atoms with Crippen LogP contribution in [0.2, 0.25) is 0 Å². The molecule has 0 fully saturated rings. The molecular formula is C17H25BrN4O4S. The quantitative estimate of drug-likeness (QED) is 0.652. The molecule has 10 heteroatoms. The fraction of sp³-hybridized carbons (Fsp3) is 0.529. The standard InChI is InChI=1S/C17H25BrN4O4S/c1-11-13(27(24,25)21-14(10-23)17(2,3)4)8-19-16(15(11)18)22(5)9-12-6-7-26-20-12/h6-8,14,21,23H,9-10H2,1-5H3. The zero-order chi connectivity index (χ0) is 20.4. The van der Waals surface area contributed by atoms with Gasteiger partial charge < -0.3 is 14.5 Å².